The van der Waals surface area contributed by atoms with Gasteiger partial charge in [-0.15, -0.1) is 0 Å². The molecule has 1 heterocycles. The number of hydrogen-bond donors (Lipinski definition) is 0. The number of carbonyl (C=O) groups is 2. The number of ether oxygens (including phenoxy) is 1. The van der Waals surface area contributed by atoms with E-state index in [1.165, 1.54) is 0 Å². The molecule has 0 aliphatic rings. The largest absolute Gasteiger partial charge is 0.454 e. The van der Waals surface area contributed by atoms with E-state index in [1.54, 1.807) is 17.7 Å². The van der Waals surface area contributed by atoms with Crippen molar-refractivity contribution in [2.24, 2.45) is 0 Å². The van der Waals surface area contributed by atoms with Gasteiger partial charge in [-0.05, 0) is 38.8 Å². The molecule has 0 N–H and O–H groups in total. The average Bonchev–Trinajstić information content (AvgIpc) is 2.93. The molecule has 0 amide bonds. The minimum absolute atomic E-state index is 0.210. The summed E-state index contributed by atoms with van der Waals surface area (Å²) in [4.78, 5) is 25.0. The first-order valence-electron chi connectivity index (χ1n) is 9.22. The van der Waals surface area contributed by atoms with Crippen molar-refractivity contribution in [3.63, 3.8) is 0 Å². The first-order valence-corrected chi connectivity index (χ1v) is 9.22. The molecule has 0 saturated carbocycles. The van der Waals surface area contributed by atoms with Crippen LogP contribution in [0.4, 0.5) is 0 Å². The molecular weight excluding hydrogens is 352 g/mol. The number of Topliss-reactive ketones (excluding diaryl/α,β-unsaturated/α-hetero) is 1. The minimum atomic E-state index is -0.521. The molecule has 0 spiro atoms. The zero-order chi connectivity index (χ0) is 20.3. The summed E-state index contributed by atoms with van der Waals surface area (Å²) in [5.41, 5.74) is 5.38. The van der Waals surface area contributed by atoms with Gasteiger partial charge in [0.2, 0.25) is 5.78 Å². The fourth-order valence-electron chi connectivity index (χ4n) is 3.31. The Balaban J connectivity index is 1.71. The molecule has 0 aliphatic carbocycles. The van der Waals surface area contributed by atoms with Crippen LogP contribution in [0.1, 0.15) is 48.8 Å². The second kappa shape index (κ2) is 8.21. The van der Waals surface area contributed by atoms with Gasteiger partial charge < -0.3 is 4.74 Å². The molecule has 0 saturated heterocycles. The van der Waals surface area contributed by atoms with Crippen molar-refractivity contribution in [2.45, 2.75) is 34.2 Å². The second-order valence-electron chi connectivity index (χ2n) is 7.01. The van der Waals surface area contributed by atoms with Crippen LogP contribution in [0.25, 0.3) is 0 Å². The van der Waals surface area contributed by atoms with Gasteiger partial charge in [0.1, 0.15) is 5.56 Å². The Bertz CT molecular complexity index is 1020. The second-order valence-corrected chi connectivity index (χ2v) is 7.01. The molecule has 3 rings (SSSR count). The molecule has 2 aromatic carbocycles. The van der Waals surface area contributed by atoms with E-state index < -0.39 is 5.97 Å². The maximum Gasteiger partial charge on any atom is 0.342 e. The van der Waals surface area contributed by atoms with E-state index >= 15 is 0 Å². The van der Waals surface area contributed by atoms with Crippen molar-refractivity contribution >= 4 is 11.8 Å². The summed E-state index contributed by atoms with van der Waals surface area (Å²) in [6.45, 7) is 7.75. The van der Waals surface area contributed by atoms with Crippen LogP contribution in [-0.2, 0) is 11.3 Å². The van der Waals surface area contributed by atoms with Gasteiger partial charge in [-0.1, -0.05) is 54.1 Å². The Labute approximate surface area is 165 Å². The summed E-state index contributed by atoms with van der Waals surface area (Å²) in [7, 11) is 0. The Morgan fingerprint density at radius 1 is 1.00 bits per heavy atom. The van der Waals surface area contributed by atoms with Gasteiger partial charge in [-0.2, -0.15) is 5.10 Å². The molecule has 144 valence electrons. The highest BCUT2D eigenvalue weighted by molar-refractivity contribution is 6.00. The Morgan fingerprint density at radius 3 is 2.39 bits per heavy atom. The van der Waals surface area contributed by atoms with Crippen molar-refractivity contribution in [2.75, 3.05) is 6.61 Å². The molecule has 5 nitrogen and oxygen atoms in total. The van der Waals surface area contributed by atoms with Crippen LogP contribution in [-0.4, -0.2) is 28.1 Å². The van der Waals surface area contributed by atoms with Gasteiger partial charge in [0.25, 0.3) is 0 Å². The number of esters is 1. The summed E-state index contributed by atoms with van der Waals surface area (Å²) in [6, 6.07) is 15.5. The molecule has 0 atom stereocenters. The van der Waals surface area contributed by atoms with Gasteiger partial charge >= 0.3 is 5.97 Å². The zero-order valence-electron chi connectivity index (χ0n) is 16.7. The molecule has 1 aromatic heterocycles. The Morgan fingerprint density at radius 2 is 1.71 bits per heavy atom. The third kappa shape index (κ3) is 4.19. The number of benzene rings is 2. The summed E-state index contributed by atoms with van der Waals surface area (Å²) < 4.78 is 7.10. The third-order valence-corrected chi connectivity index (χ3v) is 4.78. The highest BCUT2D eigenvalue weighted by Gasteiger charge is 2.21. The van der Waals surface area contributed by atoms with Crippen molar-refractivity contribution in [3.8, 4) is 0 Å². The summed E-state index contributed by atoms with van der Waals surface area (Å²) >= 11 is 0. The van der Waals surface area contributed by atoms with E-state index in [4.69, 9.17) is 4.74 Å². The maximum atomic E-state index is 12.6. The quantitative estimate of drug-likeness (QED) is 0.478. The number of hydrogen-bond acceptors (Lipinski definition) is 4. The number of ketones is 1. The normalized spacial score (nSPS) is 10.7. The predicted molar refractivity (Wildman–Crippen MR) is 108 cm³/mol. The molecule has 5 heteroatoms. The predicted octanol–water partition coefficient (Wildman–Crippen LogP) is 4.20. The lowest BCUT2D eigenvalue weighted by Crippen LogP contribution is -2.16. The van der Waals surface area contributed by atoms with Crippen LogP contribution in [0, 0.1) is 27.7 Å². The molecule has 0 aliphatic heterocycles. The summed E-state index contributed by atoms with van der Waals surface area (Å²) in [5.74, 6) is -0.731. The van der Waals surface area contributed by atoms with Crippen molar-refractivity contribution in [3.05, 3.63) is 87.7 Å². The van der Waals surface area contributed by atoms with Crippen LogP contribution in [0.2, 0.25) is 0 Å². The highest BCUT2D eigenvalue weighted by atomic mass is 16.5. The van der Waals surface area contributed by atoms with Crippen LogP contribution in [0.3, 0.4) is 0 Å². The molecule has 3 aromatic rings. The van der Waals surface area contributed by atoms with E-state index in [1.807, 2.05) is 63.2 Å². The lowest BCUT2D eigenvalue weighted by molar-refractivity contribution is 0.0473. The fraction of sp³-hybridized carbons (Fsp3) is 0.261. The average molecular weight is 376 g/mol. The zero-order valence-corrected chi connectivity index (χ0v) is 16.7. The van der Waals surface area contributed by atoms with Crippen molar-refractivity contribution in [1.29, 1.82) is 0 Å². The Kier molecular flexibility index (Phi) is 5.73. The number of aryl methyl sites for hydroxylation is 3. The van der Waals surface area contributed by atoms with Gasteiger partial charge in [-0.3, -0.25) is 9.48 Å². The number of aromatic nitrogens is 2. The lowest BCUT2D eigenvalue weighted by atomic mass is 10.0. The molecule has 0 fully saturated rings. The molecule has 0 radical (unpaired) electrons. The van der Waals surface area contributed by atoms with Crippen molar-refractivity contribution in [1.82, 2.24) is 9.78 Å². The van der Waals surface area contributed by atoms with E-state index in [9.17, 15) is 9.59 Å². The van der Waals surface area contributed by atoms with Gasteiger partial charge in [0, 0.05) is 5.56 Å². The standard InChI is InChI=1S/C23H24N2O3/c1-15-10-11-20(16(2)12-15)21(26)14-28-23(27)22-17(3)24-25(18(22)4)13-19-8-6-5-7-9-19/h5-12H,13-14H2,1-4H3. The Hall–Kier alpha value is -3.21. The lowest BCUT2D eigenvalue weighted by Gasteiger charge is -2.08. The highest BCUT2D eigenvalue weighted by Crippen LogP contribution is 2.17. The van der Waals surface area contributed by atoms with E-state index in [2.05, 4.69) is 5.10 Å². The molecule has 0 bridgehead atoms. The first-order chi connectivity index (χ1) is 13.4. The van der Waals surface area contributed by atoms with Crippen LogP contribution in [0.5, 0.6) is 0 Å². The van der Waals surface area contributed by atoms with Gasteiger partial charge in [0.05, 0.1) is 17.9 Å². The molecule has 28 heavy (non-hydrogen) atoms. The topological polar surface area (TPSA) is 61.2 Å². The van der Waals surface area contributed by atoms with Crippen molar-refractivity contribution < 1.29 is 14.3 Å². The summed E-state index contributed by atoms with van der Waals surface area (Å²) in [6.07, 6.45) is 0. The third-order valence-electron chi connectivity index (χ3n) is 4.78. The first kappa shape index (κ1) is 19.5. The fourth-order valence-corrected chi connectivity index (χ4v) is 3.31. The van der Waals surface area contributed by atoms with Crippen LogP contribution in [0.15, 0.2) is 48.5 Å². The van der Waals surface area contributed by atoms with Crippen LogP contribution < -0.4 is 0 Å². The minimum Gasteiger partial charge on any atom is -0.454 e. The number of rotatable bonds is 6. The number of nitrogens with zero attached hydrogens (tertiary/aromatic N) is 2. The SMILES string of the molecule is Cc1ccc(C(=O)COC(=O)c2c(C)nn(Cc3ccccc3)c2C)c(C)c1. The maximum absolute atomic E-state index is 12.6. The number of carbonyl (C=O) groups excluding carboxylic acids is 2. The van der Waals surface area contributed by atoms with Gasteiger partial charge in [-0.25, -0.2) is 4.79 Å². The monoisotopic (exact) mass is 376 g/mol. The van der Waals surface area contributed by atoms with E-state index in [-0.39, 0.29) is 12.4 Å². The molecular formula is C23H24N2O3. The van der Waals surface area contributed by atoms with Crippen LogP contribution >= 0.6 is 0 Å². The molecule has 0 unspecified atom stereocenters. The van der Waals surface area contributed by atoms with E-state index in [0.29, 0.717) is 23.4 Å². The van der Waals surface area contributed by atoms with E-state index in [0.717, 1.165) is 22.4 Å². The smallest absolute Gasteiger partial charge is 0.342 e. The summed E-state index contributed by atoms with van der Waals surface area (Å²) in [5, 5.41) is 4.47. The van der Waals surface area contributed by atoms with Gasteiger partial charge in [0.15, 0.2) is 6.61 Å².